The van der Waals surface area contributed by atoms with E-state index in [1.165, 1.54) is 6.08 Å². The Morgan fingerprint density at radius 1 is 1.00 bits per heavy atom. The van der Waals surface area contributed by atoms with Gasteiger partial charge in [-0.2, -0.15) is 10.5 Å². The summed E-state index contributed by atoms with van der Waals surface area (Å²) in [7, 11) is 0. The zero-order chi connectivity index (χ0) is 33.7. The summed E-state index contributed by atoms with van der Waals surface area (Å²) < 4.78 is 0. The van der Waals surface area contributed by atoms with Crippen molar-refractivity contribution in [3.63, 3.8) is 0 Å². The third-order valence-electron chi connectivity index (χ3n) is 13.1. The minimum atomic E-state index is -0.610. The summed E-state index contributed by atoms with van der Waals surface area (Å²) in [6.45, 7) is 15.0. The van der Waals surface area contributed by atoms with Crippen molar-refractivity contribution in [3.8, 4) is 12.1 Å². The summed E-state index contributed by atoms with van der Waals surface area (Å²) >= 11 is 0. The van der Waals surface area contributed by atoms with Crippen molar-refractivity contribution in [3.05, 3.63) is 65.3 Å². The van der Waals surface area contributed by atoms with Crippen LogP contribution in [0.25, 0.3) is 5.57 Å². The van der Waals surface area contributed by atoms with Crippen LogP contribution in [0.5, 0.6) is 0 Å². The number of nitrogens with zero attached hydrogens (tertiary/aromatic N) is 2. The van der Waals surface area contributed by atoms with Gasteiger partial charge >= 0.3 is 0 Å². The fraction of sp³-hybridized carbons (Fsp3) is 0.575. The van der Waals surface area contributed by atoms with E-state index in [4.69, 9.17) is 0 Å². The van der Waals surface area contributed by atoms with Gasteiger partial charge < -0.3 is 10.1 Å². The molecular weight excluding hydrogens is 570 g/mol. The van der Waals surface area contributed by atoms with Gasteiger partial charge in [-0.1, -0.05) is 83.5 Å². The number of nitrogens with one attached hydrogen (secondary N) is 1. The highest BCUT2D eigenvalue weighted by Gasteiger charge is 2.68. The van der Waals surface area contributed by atoms with Gasteiger partial charge in [0.05, 0.1) is 17.7 Å². The van der Waals surface area contributed by atoms with E-state index in [0.29, 0.717) is 16.7 Å². The van der Waals surface area contributed by atoms with E-state index in [2.05, 4.69) is 52.1 Å². The fourth-order valence-corrected chi connectivity index (χ4v) is 10.4. The molecule has 242 valence electrons. The quantitative estimate of drug-likeness (QED) is 0.198. The van der Waals surface area contributed by atoms with Gasteiger partial charge in [0.2, 0.25) is 5.91 Å². The molecule has 3 fully saturated rings. The summed E-state index contributed by atoms with van der Waals surface area (Å²) in [4.78, 5) is 40.6. The lowest BCUT2D eigenvalue weighted by Crippen LogP contribution is -2.69. The summed E-state index contributed by atoms with van der Waals surface area (Å²) in [6, 6.07) is 13.7. The second-order valence-electron chi connectivity index (χ2n) is 16.2. The van der Waals surface area contributed by atoms with Gasteiger partial charge in [-0.25, -0.2) is 0 Å². The summed E-state index contributed by atoms with van der Waals surface area (Å²) in [6.07, 6.45) is 12.1. The van der Waals surface area contributed by atoms with Crippen LogP contribution in [0, 0.1) is 68.0 Å². The van der Waals surface area contributed by atoms with Crippen molar-refractivity contribution in [2.45, 2.75) is 99.0 Å². The first-order chi connectivity index (χ1) is 21.6. The van der Waals surface area contributed by atoms with Crippen LogP contribution < -0.4 is 5.32 Å². The Labute approximate surface area is 275 Å². The number of carbonyl (C=O) groups excluding carboxylic acids is 3. The predicted octanol–water partition coefficient (Wildman–Crippen LogP) is 7.93. The zero-order valence-electron chi connectivity index (χ0n) is 28.6. The van der Waals surface area contributed by atoms with E-state index >= 15 is 0 Å². The first kappa shape index (κ1) is 33.6. The number of fused-ring (bicyclic) bond motifs is 5. The van der Waals surface area contributed by atoms with Crippen LogP contribution in [0.2, 0.25) is 0 Å². The average Bonchev–Trinajstić information content (AvgIpc) is 3.01. The molecule has 0 spiro atoms. The van der Waals surface area contributed by atoms with Crippen LogP contribution in [-0.4, -0.2) is 23.5 Å². The van der Waals surface area contributed by atoms with Crippen molar-refractivity contribution in [2.24, 2.45) is 45.3 Å². The largest absolute Gasteiger partial charge is 0.347 e. The van der Waals surface area contributed by atoms with Crippen molar-refractivity contribution >= 4 is 23.5 Å². The van der Waals surface area contributed by atoms with Gasteiger partial charge in [0.15, 0.2) is 5.78 Å². The molecule has 0 aromatic heterocycles. The summed E-state index contributed by atoms with van der Waals surface area (Å²) in [5.41, 5.74) is 0.818. The number of carbonyl (C=O) groups is 3. The van der Waals surface area contributed by atoms with Crippen LogP contribution in [0.4, 0.5) is 0 Å². The van der Waals surface area contributed by atoms with E-state index in [-0.39, 0.29) is 51.6 Å². The van der Waals surface area contributed by atoms with E-state index in [9.17, 15) is 24.9 Å². The molecule has 7 unspecified atom stereocenters. The van der Waals surface area contributed by atoms with E-state index in [1.807, 2.05) is 49.4 Å². The fourth-order valence-electron chi connectivity index (χ4n) is 10.4. The SMILES string of the molecule is C/C(C#N)=C\C1(C)C2=CC(=O)C3C4CC(C)(C)CCC4(NC(=O)/C=C(\C#N)c4ccccc4)CC[C@@]3(C)C2(C)CCC1C(C)C=O. The van der Waals surface area contributed by atoms with Crippen molar-refractivity contribution in [1.29, 1.82) is 10.5 Å². The molecule has 4 aliphatic carbocycles. The molecular formula is C40H49N3O3. The van der Waals surface area contributed by atoms with E-state index in [0.717, 1.165) is 56.8 Å². The average molecular weight is 620 g/mol. The highest BCUT2D eigenvalue weighted by atomic mass is 16.1. The molecule has 1 aromatic rings. The molecule has 5 rings (SSSR count). The Morgan fingerprint density at radius 2 is 1.67 bits per heavy atom. The molecule has 1 aromatic carbocycles. The van der Waals surface area contributed by atoms with Gasteiger partial charge in [0.25, 0.3) is 0 Å². The third kappa shape index (κ3) is 5.29. The maximum absolute atomic E-state index is 14.7. The van der Waals surface area contributed by atoms with Gasteiger partial charge in [-0.15, -0.1) is 0 Å². The maximum Gasteiger partial charge on any atom is 0.245 e. The molecule has 1 N–H and O–H groups in total. The first-order valence-electron chi connectivity index (χ1n) is 16.9. The second kappa shape index (κ2) is 11.8. The van der Waals surface area contributed by atoms with Crippen LogP contribution in [0.3, 0.4) is 0 Å². The van der Waals surface area contributed by atoms with Crippen molar-refractivity contribution in [2.75, 3.05) is 0 Å². The van der Waals surface area contributed by atoms with Crippen LogP contribution >= 0.6 is 0 Å². The summed E-state index contributed by atoms with van der Waals surface area (Å²) in [5.74, 6) is -0.759. The van der Waals surface area contributed by atoms with Gasteiger partial charge in [0.1, 0.15) is 6.29 Å². The first-order valence-corrected chi connectivity index (χ1v) is 16.9. The standard InChI is InChI=1S/C40H49N3O3/c1-26(23-41)21-37(5)30(27(2)25-44)13-14-38(6)33(37)20-32(45)35-31-22-36(3,4)15-17-40(31,18-16-39(35,38)7)43-34(46)19-29(24-42)28-11-9-8-10-12-28/h8-12,19-21,25,27,30-31,35H,13-18,22H2,1-7H3,(H,43,46)/b26-21+,29-19+/t27?,30?,31?,35?,37?,38?,39-,40?/m1/s1. The highest BCUT2D eigenvalue weighted by molar-refractivity contribution is 5.99. The van der Waals surface area contributed by atoms with Gasteiger partial charge in [-0.3, -0.25) is 9.59 Å². The Balaban J connectivity index is 1.60. The second-order valence-corrected chi connectivity index (χ2v) is 16.2. The molecule has 0 aliphatic heterocycles. The third-order valence-corrected chi connectivity index (χ3v) is 13.1. The van der Waals surface area contributed by atoms with Gasteiger partial charge in [-0.05, 0) is 91.6 Å². The smallest absolute Gasteiger partial charge is 0.245 e. The van der Waals surface area contributed by atoms with Crippen LogP contribution in [0.15, 0.2) is 59.7 Å². The molecule has 0 heterocycles. The Bertz CT molecular complexity index is 1610. The molecule has 8 atom stereocenters. The highest BCUT2D eigenvalue weighted by Crippen LogP contribution is 2.72. The molecule has 3 saturated carbocycles. The minimum absolute atomic E-state index is 0.0121. The molecule has 0 radical (unpaired) electrons. The Morgan fingerprint density at radius 3 is 2.30 bits per heavy atom. The predicted molar refractivity (Wildman–Crippen MR) is 179 cm³/mol. The lowest BCUT2D eigenvalue weighted by molar-refractivity contribution is -0.161. The number of ketones is 1. The van der Waals surface area contributed by atoms with E-state index < -0.39 is 11.0 Å². The Kier molecular flexibility index (Phi) is 8.61. The number of hydrogen-bond acceptors (Lipinski definition) is 5. The molecule has 46 heavy (non-hydrogen) atoms. The van der Waals surface area contributed by atoms with E-state index in [1.54, 1.807) is 6.92 Å². The number of rotatable bonds is 6. The van der Waals surface area contributed by atoms with Crippen LogP contribution in [0.1, 0.15) is 99.0 Å². The lowest BCUT2D eigenvalue weighted by atomic mass is 9.36. The normalized spacial score (nSPS) is 37.6. The summed E-state index contributed by atoms with van der Waals surface area (Å²) in [5, 5.41) is 23.1. The number of nitriles is 2. The molecule has 0 bridgehead atoms. The Hall–Kier alpha value is -3.77. The van der Waals surface area contributed by atoms with Crippen molar-refractivity contribution in [1.82, 2.24) is 5.32 Å². The number of allylic oxidation sites excluding steroid dienone is 5. The van der Waals surface area contributed by atoms with Crippen molar-refractivity contribution < 1.29 is 14.4 Å². The lowest BCUT2D eigenvalue weighted by Gasteiger charge is -2.68. The maximum atomic E-state index is 14.7. The molecule has 6 heteroatoms. The monoisotopic (exact) mass is 619 g/mol. The minimum Gasteiger partial charge on any atom is -0.347 e. The molecule has 6 nitrogen and oxygen atoms in total. The van der Waals surface area contributed by atoms with Gasteiger partial charge in [0, 0.05) is 34.4 Å². The number of amides is 1. The topological polar surface area (TPSA) is 111 Å². The molecule has 4 aliphatic rings. The van der Waals surface area contributed by atoms with Crippen LogP contribution in [-0.2, 0) is 14.4 Å². The number of aldehydes is 1. The number of benzene rings is 1. The molecule has 1 amide bonds. The number of hydrogen-bond donors (Lipinski definition) is 1. The molecule has 0 saturated heterocycles. The zero-order valence-corrected chi connectivity index (χ0v) is 28.6.